The SMILES string of the molecule is COc1nc(C)c(C(=O)[O-])c(C)n1. The van der Waals surface area contributed by atoms with Crippen molar-refractivity contribution >= 4 is 5.97 Å². The molecule has 0 aromatic carbocycles. The molecule has 1 aromatic rings. The van der Waals surface area contributed by atoms with Crippen molar-refractivity contribution in [2.24, 2.45) is 0 Å². The van der Waals surface area contributed by atoms with Gasteiger partial charge in [-0.3, -0.25) is 0 Å². The maximum absolute atomic E-state index is 10.6. The van der Waals surface area contributed by atoms with Crippen LogP contribution in [0.2, 0.25) is 0 Å². The second kappa shape index (κ2) is 3.38. The lowest BCUT2D eigenvalue weighted by molar-refractivity contribution is -0.255. The minimum Gasteiger partial charge on any atom is -0.545 e. The number of carboxylic acids is 1. The molecule has 0 atom stereocenters. The van der Waals surface area contributed by atoms with Crippen LogP contribution < -0.4 is 9.84 Å². The Labute approximate surface area is 75.4 Å². The number of aryl methyl sites for hydroxylation is 2. The normalized spacial score (nSPS) is 9.77. The molecule has 1 aromatic heterocycles. The molecule has 0 amide bonds. The summed E-state index contributed by atoms with van der Waals surface area (Å²) in [4.78, 5) is 18.2. The topological polar surface area (TPSA) is 75.1 Å². The zero-order valence-corrected chi connectivity index (χ0v) is 7.62. The van der Waals surface area contributed by atoms with E-state index in [1.165, 1.54) is 7.11 Å². The summed E-state index contributed by atoms with van der Waals surface area (Å²) in [5.74, 6) is -1.27. The predicted molar refractivity (Wildman–Crippen MR) is 42.4 cm³/mol. The molecule has 0 saturated carbocycles. The Morgan fingerprint density at radius 2 is 1.77 bits per heavy atom. The fourth-order valence-electron chi connectivity index (χ4n) is 1.07. The molecule has 5 nitrogen and oxygen atoms in total. The number of carboxylic acid groups (broad SMARTS) is 1. The van der Waals surface area contributed by atoms with Gasteiger partial charge in [-0.1, -0.05) is 0 Å². The predicted octanol–water partition coefficient (Wildman–Crippen LogP) is -0.534. The molecule has 0 spiro atoms. The average Bonchev–Trinajstić information content (AvgIpc) is 2.02. The van der Waals surface area contributed by atoms with Gasteiger partial charge in [0.15, 0.2) is 0 Å². The largest absolute Gasteiger partial charge is 0.545 e. The van der Waals surface area contributed by atoms with E-state index in [4.69, 9.17) is 4.74 Å². The number of rotatable bonds is 2. The number of nitrogens with zero attached hydrogens (tertiary/aromatic N) is 2. The Morgan fingerprint density at radius 1 is 1.31 bits per heavy atom. The summed E-state index contributed by atoms with van der Waals surface area (Å²) in [7, 11) is 1.42. The zero-order valence-electron chi connectivity index (χ0n) is 7.62. The number of hydrogen-bond donors (Lipinski definition) is 0. The van der Waals surface area contributed by atoms with Crippen LogP contribution in [0.5, 0.6) is 6.01 Å². The van der Waals surface area contributed by atoms with Gasteiger partial charge in [-0.05, 0) is 13.8 Å². The molecule has 0 fully saturated rings. The molecule has 0 radical (unpaired) electrons. The van der Waals surface area contributed by atoms with E-state index in [0.29, 0.717) is 11.4 Å². The van der Waals surface area contributed by atoms with Crippen molar-refractivity contribution in [3.05, 3.63) is 17.0 Å². The van der Waals surface area contributed by atoms with Gasteiger partial charge >= 0.3 is 6.01 Å². The summed E-state index contributed by atoms with van der Waals surface area (Å²) in [6, 6.07) is 0.167. The number of ether oxygens (including phenoxy) is 1. The monoisotopic (exact) mass is 181 g/mol. The molecule has 70 valence electrons. The van der Waals surface area contributed by atoms with Gasteiger partial charge in [0.05, 0.1) is 24.5 Å². The maximum Gasteiger partial charge on any atom is 0.316 e. The van der Waals surface area contributed by atoms with Crippen LogP contribution >= 0.6 is 0 Å². The molecular weight excluding hydrogens is 172 g/mol. The summed E-state index contributed by atoms with van der Waals surface area (Å²) in [5, 5.41) is 10.6. The van der Waals surface area contributed by atoms with Crippen molar-refractivity contribution in [2.75, 3.05) is 7.11 Å². The fourth-order valence-corrected chi connectivity index (χ4v) is 1.07. The molecule has 0 aliphatic rings. The van der Waals surface area contributed by atoms with Gasteiger partial charge in [0, 0.05) is 5.56 Å². The van der Waals surface area contributed by atoms with Gasteiger partial charge in [-0.25, -0.2) is 0 Å². The summed E-state index contributed by atoms with van der Waals surface area (Å²) in [6.45, 7) is 3.14. The maximum atomic E-state index is 10.6. The van der Waals surface area contributed by atoms with E-state index in [-0.39, 0.29) is 11.6 Å². The first kappa shape index (κ1) is 9.44. The van der Waals surface area contributed by atoms with E-state index < -0.39 is 5.97 Å². The van der Waals surface area contributed by atoms with E-state index >= 15 is 0 Å². The molecule has 13 heavy (non-hydrogen) atoms. The van der Waals surface area contributed by atoms with Gasteiger partial charge in [-0.15, -0.1) is 0 Å². The van der Waals surface area contributed by atoms with Crippen molar-refractivity contribution in [1.29, 1.82) is 0 Å². The van der Waals surface area contributed by atoms with Crippen molar-refractivity contribution < 1.29 is 14.6 Å². The molecule has 0 saturated heterocycles. The molecular formula is C8H9N2O3-. The molecule has 1 rings (SSSR count). The number of methoxy groups -OCH3 is 1. The third-order valence-electron chi connectivity index (χ3n) is 1.64. The van der Waals surface area contributed by atoms with Gasteiger partial charge in [-0.2, -0.15) is 9.97 Å². The number of carbonyl (C=O) groups is 1. The second-order valence-corrected chi connectivity index (χ2v) is 2.54. The second-order valence-electron chi connectivity index (χ2n) is 2.54. The quantitative estimate of drug-likeness (QED) is 0.612. The molecule has 0 aliphatic heterocycles. The van der Waals surface area contributed by atoms with Crippen LogP contribution in [0, 0.1) is 13.8 Å². The van der Waals surface area contributed by atoms with Gasteiger partial charge in [0.1, 0.15) is 0 Å². The number of carbonyl (C=O) groups excluding carboxylic acids is 1. The van der Waals surface area contributed by atoms with E-state index in [1.807, 2.05) is 0 Å². The zero-order chi connectivity index (χ0) is 10.0. The Hall–Kier alpha value is -1.65. The Morgan fingerprint density at radius 3 is 2.08 bits per heavy atom. The standard InChI is InChI=1S/C8H10N2O3/c1-4-6(7(11)12)5(2)10-8(9-4)13-3/h1-3H3,(H,11,12)/p-1. The Kier molecular flexibility index (Phi) is 2.46. The van der Waals surface area contributed by atoms with Crippen LogP contribution in [0.15, 0.2) is 0 Å². The summed E-state index contributed by atoms with van der Waals surface area (Å²) < 4.78 is 4.78. The van der Waals surface area contributed by atoms with Crippen LogP contribution in [-0.2, 0) is 0 Å². The van der Waals surface area contributed by atoms with Crippen LogP contribution in [0.1, 0.15) is 21.7 Å². The minimum absolute atomic E-state index is 0.0285. The highest BCUT2D eigenvalue weighted by molar-refractivity contribution is 5.88. The summed E-state index contributed by atoms with van der Waals surface area (Å²) in [6.07, 6.45) is 0. The third kappa shape index (κ3) is 1.74. The smallest absolute Gasteiger partial charge is 0.316 e. The van der Waals surface area contributed by atoms with Crippen LogP contribution in [0.3, 0.4) is 0 Å². The van der Waals surface area contributed by atoms with Crippen molar-refractivity contribution in [3.8, 4) is 6.01 Å². The number of aromatic carboxylic acids is 1. The Bertz CT molecular complexity index is 326. The molecule has 0 bridgehead atoms. The van der Waals surface area contributed by atoms with Gasteiger partial charge < -0.3 is 14.6 Å². The molecule has 1 heterocycles. The first-order valence-corrected chi connectivity index (χ1v) is 3.67. The summed E-state index contributed by atoms with van der Waals surface area (Å²) >= 11 is 0. The van der Waals surface area contributed by atoms with Crippen LogP contribution in [0.4, 0.5) is 0 Å². The molecule has 0 unspecified atom stereocenters. The highest BCUT2D eigenvalue weighted by atomic mass is 16.5. The Balaban J connectivity index is 3.31. The lowest BCUT2D eigenvalue weighted by Gasteiger charge is -2.09. The van der Waals surface area contributed by atoms with Crippen LogP contribution in [-0.4, -0.2) is 23.0 Å². The highest BCUT2D eigenvalue weighted by Crippen LogP contribution is 2.12. The lowest BCUT2D eigenvalue weighted by atomic mass is 10.2. The van der Waals surface area contributed by atoms with Crippen LogP contribution in [0.25, 0.3) is 0 Å². The molecule has 5 heteroatoms. The van der Waals surface area contributed by atoms with Crippen molar-refractivity contribution in [2.45, 2.75) is 13.8 Å². The summed E-state index contributed by atoms with van der Waals surface area (Å²) in [5.41, 5.74) is 0.731. The fraction of sp³-hybridized carbons (Fsp3) is 0.375. The number of hydrogen-bond acceptors (Lipinski definition) is 5. The lowest BCUT2D eigenvalue weighted by Crippen LogP contribution is -2.25. The van der Waals surface area contributed by atoms with Gasteiger partial charge in [0.25, 0.3) is 0 Å². The van der Waals surface area contributed by atoms with E-state index in [1.54, 1.807) is 13.8 Å². The van der Waals surface area contributed by atoms with E-state index in [2.05, 4.69) is 9.97 Å². The third-order valence-corrected chi connectivity index (χ3v) is 1.64. The highest BCUT2D eigenvalue weighted by Gasteiger charge is 2.08. The molecule has 0 aliphatic carbocycles. The first-order chi connectivity index (χ1) is 6.06. The first-order valence-electron chi connectivity index (χ1n) is 3.67. The average molecular weight is 181 g/mol. The van der Waals surface area contributed by atoms with E-state index in [9.17, 15) is 9.90 Å². The van der Waals surface area contributed by atoms with E-state index in [0.717, 1.165) is 0 Å². The van der Waals surface area contributed by atoms with Crippen molar-refractivity contribution in [1.82, 2.24) is 9.97 Å². The number of aromatic nitrogens is 2. The minimum atomic E-state index is -1.27. The van der Waals surface area contributed by atoms with Gasteiger partial charge in [0.2, 0.25) is 0 Å². The molecule has 0 N–H and O–H groups in total. The van der Waals surface area contributed by atoms with Crippen molar-refractivity contribution in [3.63, 3.8) is 0 Å².